The van der Waals surface area contributed by atoms with Crippen LogP contribution in [0, 0.1) is 5.92 Å². The van der Waals surface area contributed by atoms with Crippen molar-refractivity contribution in [3.63, 3.8) is 0 Å². The number of unbranched alkanes of at least 4 members (excludes halogenated alkanes) is 10. The average molecular weight is 549 g/mol. The molecule has 0 fully saturated rings. The van der Waals surface area contributed by atoms with Gasteiger partial charge in [0, 0.05) is 32.2 Å². The van der Waals surface area contributed by atoms with E-state index in [1.54, 1.807) is 0 Å². The average Bonchev–Trinajstić information content (AvgIpc) is 3.46. The van der Waals surface area contributed by atoms with E-state index in [2.05, 4.69) is 57.2 Å². The van der Waals surface area contributed by atoms with E-state index in [1.165, 1.54) is 125 Å². The maximum Gasteiger partial charge on any atom is 0.162 e. The molecule has 0 saturated heterocycles. The number of fused-ring (bicyclic) bond motifs is 5. The smallest absolute Gasteiger partial charge is 0.162 e. The Balaban J connectivity index is 1.31. The largest absolute Gasteiger partial charge is 0.294 e. The normalized spacial score (nSPS) is 12.7. The molecular formula is C35H48OS2. The second-order valence-electron chi connectivity index (χ2n) is 11.5. The van der Waals surface area contributed by atoms with E-state index >= 15 is 0 Å². The van der Waals surface area contributed by atoms with Crippen LogP contribution >= 0.6 is 22.7 Å². The number of Topliss-reactive ketones (excluding diaryl/α,β-unsaturated/α-hetero) is 1. The molecule has 4 aromatic rings. The van der Waals surface area contributed by atoms with Crippen LogP contribution in [-0.4, -0.2) is 5.78 Å². The summed E-state index contributed by atoms with van der Waals surface area (Å²) >= 11 is 3.80. The zero-order chi connectivity index (χ0) is 26.7. The van der Waals surface area contributed by atoms with Crippen molar-refractivity contribution < 1.29 is 4.79 Å². The maximum absolute atomic E-state index is 12.8. The number of hydrogen-bond acceptors (Lipinski definition) is 3. The van der Waals surface area contributed by atoms with Crippen LogP contribution in [0.1, 0.15) is 133 Å². The summed E-state index contributed by atoms with van der Waals surface area (Å²) in [5.74, 6) is 1.20. The van der Waals surface area contributed by atoms with Gasteiger partial charge in [-0.05, 0) is 42.9 Å². The molecule has 38 heavy (non-hydrogen) atoms. The molecule has 0 radical (unpaired) electrons. The van der Waals surface area contributed by atoms with Gasteiger partial charge in [-0.3, -0.25) is 4.79 Å². The van der Waals surface area contributed by atoms with Gasteiger partial charge in [-0.2, -0.15) is 0 Å². The van der Waals surface area contributed by atoms with E-state index in [9.17, 15) is 4.79 Å². The molecule has 0 saturated carbocycles. The number of carbonyl (C=O) groups is 1. The molecule has 1 atom stereocenters. The summed E-state index contributed by atoms with van der Waals surface area (Å²) in [4.78, 5) is 12.8. The van der Waals surface area contributed by atoms with Crippen molar-refractivity contribution in [2.75, 3.05) is 0 Å². The molecule has 3 heteroatoms. The topological polar surface area (TPSA) is 17.1 Å². The molecule has 2 aromatic carbocycles. The van der Waals surface area contributed by atoms with Crippen LogP contribution in [0.15, 0.2) is 36.4 Å². The van der Waals surface area contributed by atoms with Crippen molar-refractivity contribution in [3.8, 4) is 0 Å². The van der Waals surface area contributed by atoms with Gasteiger partial charge in [0.1, 0.15) is 0 Å². The predicted molar refractivity (Wildman–Crippen MR) is 173 cm³/mol. The van der Waals surface area contributed by atoms with Gasteiger partial charge in [0.2, 0.25) is 0 Å². The van der Waals surface area contributed by atoms with Gasteiger partial charge in [0.15, 0.2) is 5.78 Å². The first-order valence-corrected chi connectivity index (χ1v) is 17.1. The molecule has 0 spiro atoms. The lowest BCUT2D eigenvalue weighted by Crippen LogP contribution is -1.98. The van der Waals surface area contributed by atoms with Crippen molar-refractivity contribution in [2.45, 2.75) is 124 Å². The highest BCUT2D eigenvalue weighted by atomic mass is 32.1. The Bertz CT molecular complexity index is 1290. The van der Waals surface area contributed by atoms with Crippen LogP contribution < -0.4 is 0 Å². The molecule has 0 N–H and O–H groups in total. The van der Waals surface area contributed by atoms with Crippen molar-refractivity contribution >= 4 is 58.0 Å². The van der Waals surface area contributed by atoms with Crippen LogP contribution in [-0.2, 0) is 6.42 Å². The molecule has 2 heterocycles. The van der Waals surface area contributed by atoms with Crippen molar-refractivity contribution in [1.82, 2.24) is 0 Å². The summed E-state index contributed by atoms with van der Waals surface area (Å²) in [5, 5.41) is 2.70. The highest BCUT2D eigenvalue weighted by Gasteiger charge is 2.14. The summed E-state index contributed by atoms with van der Waals surface area (Å²) in [6.45, 7) is 6.94. The Hall–Kier alpha value is -1.71. The van der Waals surface area contributed by atoms with E-state index in [4.69, 9.17) is 0 Å². The second kappa shape index (κ2) is 15.2. The third-order valence-electron chi connectivity index (χ3n) is 8.34. The Kier molecular flexibility index (Phi) is 11.7. The van der Waals surface area contributed by atoms with Crippen LogP contribution in [0.2, 0.25) is 0 Å². The lowest BCUT2D eigenvalue weighted by molar-refractivity contribution is 0.0979. The lowest BCUT2D eigenvalue weighted by Gasteiger charge is -2.07. The summed E-state index contributed by atoms with van der Waals surface area (Å²) in [6, 6.07) is 13.5. The van der Waals surface area contributed by atoms with Crippen LogP contribution in [0.4, 0.5) is 0 Å². The Morgan fingerprint density at radius 2 is 1.32 bits per heavy atom. The van der Waals surface area contributed by atoms with E-state index in [1.807, 2.05) is 22.7 Å². The van der Waals surface area contributed by atoms with E-state index in [0.29, 0.717) is 12.2 Å². The number of ketones is 1. The SMILES string of the molecule is CCCCCCCCCC(=O)c1ccc2c(c1)sc1c3ccc(CCCCCCC[C@@H](C)CC)cc3sc21. The van der Waals surface area contributed by atoms with Gasteiger partial charge >= 0.3 is 0 Å². The fourth-order valence-electron chi connectivity index (χ4n) is 5.57. The summed E-state index contributed by atoms with van der Waals surface area (Å²) in [5.41, 5.74) is 2.37. The van der Waals surface area contributed by atoms with Gasteiger partial charge in [-0.1, -0.05) is 122 Å². The molecular weight excluding hydrogens is 501 g/mol. The first-order valence-electron chi connectivity index (χ1n) is 15.5. The minimum Gasteiger partial charge on any atom is -0.294 e. The van der Waals surface area contributed by atoms with Crippen molar-refractivity contribution in [2.24, 2.45) is 5.92 Å². The number of benzene rings is 2. The lowest BCUT2D eigenvalue weighted by atomic mass is 9.99. The highest BCUT2D eigenvalue weighted by molar-refractivity contribution is 7.36. The van der Waals surface area contributed by atoms with Gasteiger partial charge in [-0.25, -0.2) is 0 Å². The number of carbonyl (C=O) groups excluding carboxylic acids is 1. The van der Waals surface area contributed by atoms with Crippen LogP contribution in [0.5, 0.6) is 0 Å². The molecule has 4 rings (SSSR count). The molecule has 0 aliphatic carbocycles. The van der Waals surface area contributed by atoms with Gasteiger partial charge in [0.05, 0.1) is 9.40 Å². The third kappa shape index (κ3) is 7.92. The first-order chi connectivity index (χ1) is 18.6. The zero-order valence-electron chi connectivity index (χ0n) is 24.1. The molecule has 0 aliphatic heterocycles. The quantitative estimate of drug-likeness (QED) is 0.0892. The Morgan fingerprint density at radius 1 is 0.711 bits per heavy atom. The Morgan fingerprint density at radius 3 is 2.03 bits per heavy atom. The highest BCUT2D eigenvalue weighted by Crippen LogP contribution is 2.44. The molecule has 0 bridgehead atoms. The summed E-state index contributed by atoms with van der Waals surface area (Å²) < 4.78 is 5.46. The fourth-order valence-corrected chi connectivity index (χ4v) is 8.33. The van der Waals surface area contributed by atoms with Gasteiger partial charge < -0.3 is 0 Å². The molecule has 0 unspecified atom stereocenters. The molecule has 0 amide bonds. The minimum absolute atomic E-state index is 0.308. The van der Waals surface area contributed by atoms with E-state index < -0.39 is 0 Å². The first kappa shape index (κ1) is 29.3. The van der Waals surface area contributed by atoms with E-state index in [0.717, 1.165) is 17.9 Å². The number of rotatable bonds is 18. The van der Waals surface area contributed by atoms with Gasteiger partial charge in [-0.15, -0.1) is 22.7 Å². The van der Waals surface area contributed by atoms with Crippen molar-refractivity contribution in [3.05, 3.63) is 47.5 Å². The zero-order valence-corrected chi connectivity index (χ0v) is 25.7. The standard InChI is InChI=1S/C35H48OS2/c1-4-6-7-8-9-13-16-19-31(36)28-21-23-30-33(25-28)38-34-29-22-20-27(24-32(29)37-35(30)34)18-15-12-10-11-14-17-26(3)5-2/h20-26H,4-19H2,1-3H3/t26-/m0/s1. The monoisotopic (exact) mass is 548 g/mol. The molecule has 0 aliphatic rings. The van der Waals surface area contributed by atoms with Crippen LogP contribution in [0.3, 0.4) is 0 Å². The van der Waals surface area contributed by atoms with E-state index in [-0.39, 0.29) is 0 Å². The van der Waals surface area contributed by atoms with Crippen LogP contribution in [0.25, 0.3) is 29.6 Å². The van der Waals surface area contributed by atoms with Gasteiger partial charge in [0.25, 0.3) is 0 Å². The number of hydrogen-bond donors (Lipinski definition) is 0. The molecule has 206 valence electrons. The summed E-state index contributed by atoms with van der Waals surface area (Å²) in [6.07, 6.45) is 20.2. The second-order valence-corrected chi connectivity index (χ2v) is 13.6. The fraction of sp³-hybridized carbons (Fsp3) is 0.571. The Labute approximate surface area is 239 Å². The summed E-state index contributed by atoms with van der Waals surface area (Å²) in [7, 11) is 0. The predicted octanol–water partition coefficient (Wildman–Crippen LogP) is 12.5. The number of thiophene rings is 2. The maximum atomic E-state index is 12.8. The molecule has 2 aromatic heterocycles. The molecule has 1 nitrogen and oxygen atoms in total. The third-order valence-corrected chi connectivity index (χ3v) is 10.8. The van der Waals surface area contributed by atoms with Crippen molar-refractivity contribution in [1.29, 1.82) is 0 Å². The number of aryl methyl sites for hydroxylation is 1. The minimum atomic E-state index is 0.308.